The van der Waals surface area contributed by atoms with Gasteiger partial charge in [0.25, 0.3) is 0 Å². The van der Waals surface area contributed by atoms with Gasteiger partial charge < -0.3 is 10.6 Å². The van der Waals surface area contributed by atoms with Crippen molar-refractivity contribution in [2.75, 3.05) is 16.4 Å². The smallest absolute Gasteiger partial charge is 0.234 e. The van der Waals surface area contributed by atoms with Gasteiger partial charge in [-0.05, 0) is 58.7 Å². The number of thioether (sulfide) groups is 1. The number of hydrogen-bond donors (Lipinski definition) is 2. The molecule has 0 atom stereocenters. The minimum atomic E-state index is -0.0628. The Bertz CT molecular complexity index is 704. The molecule has 24 heavy (non-hydrogen) atoms. The highest BCUT2D eigenvalue weighted by Crippen LogP contribution is 2.23. The number of amides is 2. The molecule has 0 heterocycles. The van der Waals surface area contributed by atoms with Crippen molar-refractivity contribution in [3.8, 4) is 0 Å². The highest BCUT2D eigenvalue weighted by molar-refractivity contribution is 9.10. The van der Waals surface area contributed by atoms with E-state index in [4.69, 9.17) is 0 Å². The fraction of sp³-hybridized carbons (Fsp3) is 0.222. The molecule has 0 unspecified atom stereocenters. The highest BCUT2D eigenvalue weighted by Gasteiger charge is 2.06. The maximum Gasteiger partial charge on any atom is 0.234 e. The molecule has 0 bridgehead atoms. The van der Waals surface area contributed by atoms with Crippen LogP contribution in [0, 0.1) is 0 Å². The van der Waals surface area contributed by atoms with Crippen LogP contribution in [0.15, 0.2) is 57.9 Å². The molecule has 0 radical (unpaired) electrons. The normalized spacial score (nSPS) is 10.2. The van der Waals surface area contributed by atoms with Crippen molar-refractivity contribution in [1.29, 1.82) is 0 Å². The number of benzene rings is 2. The van der Waals surface area contributed by atoms with E-state index in [-0.39, 0.29) is 11.8 Å². The maximum atomic E-state index is 12.0. The first-order chi connectivity index (χ1) is 11.6. The van der Waals surface area contributed by atoms with Crippen molar-refractivity contribution >= 4 is 50.9 Å². The molecule has 0 spiro atoms. The monoisotopic (exact) mass is 406 g/mol. The predicted molar refractivity (Wildman–Crippen MR) is 103 cm³/mol. The quantitative estimate of drug-likeness (QED) is 0.641. The van der Waals surface area contributed by atoms with Crippen LogP contribution in [-0.2, 0) is 9.59 Å². The number of rotatable bonds is 7. The van der Waals surface area contributed by atoms with E-state index < -0.39 is 0 Å². The zero-order valence-electron chi connectivity index (χ0n) is 13.3. The lowest BCUT2D eigenvalue weighted by Crippen LogP contribution is -2.14. The van der Waals surface area contributed by atoms with Gasteiger partial charge in [-0.15, -0.1) is 11.8 Å². The Labute approximate surface area is 154 Å². The van der Waals surface area contributed by atoms with Gasteiger partial charge in [0.15, 0.2) is 0 Å². The van der Waals surface area contributed by atoms with Crippen LogP contribution in [-0.4, -0.2) is 17.6 Å². The fourth-order valence-electron chi connectivity index (χ4n) is 1.98. The third-order valence-electron chi connectivity index (χ3n) is 3.13. The first-order valence-corrected chi connectivity index (χ1v) is 9.43. The number of anilines is 2. The molecule has 2 N–H and O–H groups in total. The average molecular weight is 407 g/mol. The Morgan fingerprint density at radius 3 is 2.38 bits per heavy atom. The van der Waals surface area contributed by atoms with Gasteiger partial charge >= 0.3 is 0 Å². The number of para-hydroxylation sites is 1. The summed E-state index contributed by atoms with van der Waals surface area (Å²) in [6.07, 6.45) is 1.35. The lowest BCUT2D eigenvalue weighted by atomic mass is 10.3. The molecule has 4 nitrogen and oxygen atoms in total. The number of halogens is 1. The summed E-state index contributed by atoms with van der Waals surface area (Å²) in [5, 5.41) is 5.71. The van der Waals surface area contributed by atoms with Crippen molar-refractivity contribution in [3.63, 3.8) is 0 Å². The van der Waals surface area contributed by atoms with Crippen LogP contribution >= 0.6 is 27.7 Å². The molecule has 126 valence electrons. The van der Waals surface area contributed by atoms with E-state index in [1.54, 1.807) is 0 Å². The van der Waals surface area contributed by atoms with Crippen LogP contribution in [0.1, 0.15) is 19.8 Å². The highest BCUT2D eigenvalue weighted by atomic mass is 79.9. The van der Waals surface area contributed by atoms with Crippen LogP contribution in [0.5, 0.6) is 0 Å². The first kappa shape index (κ1) is 18.5. The zero-order chi connectivity index (χ0) is 17.4. The molecular weight excluding hydrogens is 388 g/mol. The summed E-state index contributed by atoms with van der Waals surface area (Å²) in [7, 11) is 0. The van der Waals surface area contributed by atoms with Gasteiger partial charge in [-0.2, -0.15) is 0 Å². The van der Waals surface area contributed by atoms with Gasteiger partial charge in [-0.25, -0.2) is 0 Å². The van der Waals surface area contributed by atoms with Crippen LogP contribution < -0.4 is 10.6 Å². The first-order valence-electron chi connectivity index (χ1n) is 7.65. The molecule has 0 aliphatic heterocycles. The third-order valence-corrected chi connectivity index (χ3v) is 4.84. The Morgan fingerprint density at radius 2 is 1.71 bits per heavy atom. The van der Waals surface area contributed by atoms with E-state index in [1.807, 2.05) is 55.5 Å². The van der Waals surface area contributed by atoms with Gasteiger partial charge in [0.2, 0.25) is 11.8 Å². The number of carbonyl (C=O) groups excluding carboxylic acids is 2. The van der Waals surface area contributed by atoms with E-state index in [9.17, 15) is 9.59 Å². The molecule has 0 fully saturated rings. The molecule has 0 aromatic heterocycles. The minimum Gasteiger partial charge on any atom is -0.326 e. The second-order valence-corrected chi connectivity index (χ2v) is 7.04. The SMILES string of the molecule is CCCC(=O)Nc1ccc(SCC(=O)Nc2ccccc2Br)cc1. The summed E-state index contributed by atoms with van der Waals surface area (Å²) < 4.78 is 0.857. The standard InChI is InChI=1S/C18H19BrN2O2S/c1-2-5-17(22)20-13-8-10-14(11-9-13)24-12-18(23)21-16-7-4-3-6-15(16)19/h3-4,6-11H,2,5,12H2,1H3,(H,20,22)(H,21,23). The van der Waals surface area contributed by atoms with Gasteiger partial charge in [0.1, 0.15) is 0 Å². The van der Waals surface area contributed by atoms with E-state index in [0.717, 1.165) is 27.2 Å². The van der Waals surface area contributed by atoms with Gasteiger partial charge in [-0.3, -0.25) is 9.59 Å². The Balaban J connectivity index is 1.82. The van der Waals surface area contributed by atoms with Crippen LogP contribution in [0.2, 0.25) is 0 Å². The molecule has 0 aliphatic carbocycles. The molecule has 6 heteroatoms. The van der Waals surface area contributed by atoms with E-state index in [0.29, 0.717) is 12.2 Å². The summed E-state index contributed by atoms with van der Waals surface area (Å²) in [4.78, 5) is 24.5. The van der Waals surface area contributed by atoms with Crippen LogP contribution in [0.3, 0.4) is 0 Å². The minimum absolute atomic E-state index is 0.0192. The van der Waals surface area contributed by atoms with Gasteiger partial charge in [0.05, 0.1) is 11.4 Å². The summed E-state index contributed by atoms with van der Waals surface area (Å²) >= 11 is 4.85. The summed E-state index contributed by atoms with van der Waals surface area (Å²) in [6, 6.07) is 15.0. The predicted octanol–water partition coefficient (Wildman–Crippen LogP) is 4.92. The summed E-state index contributed by atoms with van der Waals surface area (Å²) in [5.74, 6) is 0.279. The Kier molecular flexibility index (Phi) is 7.34. The maximum absolute atomic E-state index is 12.0. The van der Waals surface area contributed by atoms with Crippen LogP contribution in [0.4, 0.5) is 11.4 Å². The molecule has 2 rings (SSSR count). The van der Waals surface area contributed by atoms with Gasteiger partial charge in [-0.1, -0.05) is 19.1 Å². The average Bonchev–Trinajstić information content (AvgIpc) is 2.56. The van der Waals surface area contributed by atoms with Crippen molar-refractivity contribution in [2.24, 2.45) is 0 Å². The van der Waals surface area contributed by atoms with Crippen molar-refractivity contribution in [2.45, 2.75) is 24.7 Å². The second kappa shape index (κ2) is 9.49. The molecule has 2 amide bonds. The largest absolute Gasteiger partial charge is 0.326 e. The number of hydrogen-bond acceptors (Lipinski definition) is 3. The molecule has 2 aromatic carbocycles. The molecule has 0 saturated heterocycles. The lowest BCUT2D eigenvalue weighted by molar-refractivity contribution is -0.116. The summed E-state index contributed by atoms with van der Waals surface area (Å²) in [6.45, 7) is 1.97. The fourth-order valence-corrected chi connectivity index (χ4v) is 3.07. The van der Waals surface area contributed by atoms with Crippen molar-refractivity contribution < 1.29 is 9.59 Å². The van der Waals surface area contributed by atoms with E-state index in [2.05, 4.69) is 26.6 Å². The Hall–Kier alpha value is -1.79. The van der Waals surface area contributed by atoms with Crippen LogP contribution in [0.25, 0.3) is 0 Å². The summed E-state index contributed by atoms with van der Waals surface area (Å²) in [5.41, 5.74) is 1.53. The number of carbonyl (C=O) groups is 2. The Morgan fingerprint density at radius 1 is 1.00 bits per heavy atom. The molecule has 2 aromatic rings. The van der Waals surface area contributed by atoms with E-state index >= 15 is 0 Å². The third kappa shape index (κ3) is 6.02. The number of nitrogens with one attached hydrogen (secondary N) is 2. The molecule has 0 saturated carbocycles. The molecular formula is C18H19BrN2O2S. The van der Waals surface area contributed by atoms with Crippen molar-refractivity contribution in [1.82, 2.24) is 0 Å². The van der Waals surface area contributed by atoms with E-state index in [1.165, 1.54) is 11.8 Å². The molecule has 0 aliphatic rings. The lowest BCUT2D eigenvalue weighted by Gasteiger charge is -2.08. The second-order valence-electron chi connectivity index (χ2n) is 5.14. The topological polar surface area (TPSA) is 58.2 Å². The van der Waals surface area contributed by atoms with Gasteiger partial charge in [0, 0.05) is 21.5 Å². The zero-order valence-corrected chi connectivity index (χ0v) is 15.7. The van der Waals surface area contributed by atoms with Crippen molar-refractivity contribution in [3.05, 3.63) is 53.0 Å².